The van der Waals surface area contributed by atoms with E-state index >= 15 is 0 Å². The largest absolute Gasteiger partial charge is 0.494 e. The number of methoxy groups -OCH3 is 1. The number of amides is 1. The van der Waals surface area contributed by atoms with Gasteiger partial charge in [-0.1, -0.05) is 6.07 Å². The number of hydrogen-bond donors (Lipinski definition) is 1. The van der Waals surface area contributed by atoms with Crippen LogP contribution in [0.25, 0.3) is 11.1 Å². The lowest BCUT2D eigenvalue weighted by Crippen LogP contribution is -2.24. The van der Waals surface area contributed by atoms with Gasteiger partial charge in [-0.2, -0.15) is 5.10 Å². The lowest BCUT2D eigenvalue weighted by molar-refractivity contribution is -0.120. The van der Waals surface area contributed by atoms with Gasteiger partial charge in [0.1, 0.15) is 6.04 Å². The second-order valence-electron chi connectivity index (χ2n) is 4.14. The van der Waals surface area contributed by atoms with E-state index in [4.69, 9.17) is 10.5 Å². The summed E-state index contributed by atoms with van der Waals surface area (Å²) in [5, 5.41) is 4.05. The number of carbonyl (C=O) groups excluding carboxylic acids is 1. The van der Waals surface area contributed by atoms with Crippen LogP contribution in [0.5, 0.6) is 5.75 Å². The van der Waals surface area contributed by atoms with Gasteiger partial charge in [0.15, 0.2) is 11.6 Å². The second-order valence-corrected chi connectivity index (χ2v) is 4.14. The van der Waals surface area contributed by atoms with Gasteiger partial charge in [0.05, 0.1) is 13.3 Å². The fourth-order valence-corrected chi connectivity index (χ4v) is 1.68. The third-order valence-corrected chi connectivity index (χ3v) is 2.90. The SMILES string of the molecule is COc1ccc(-c2cnn([C@@H](C)C(N)=O)c2)cc1F. The highest BCUT2D eigenvalue weighted by Gasteiger charge is 2.13. The van der Waals surface area contributed by atoms with Crippen molar-refractivity contribution in [2.24, 2.45) is 5.73 Å². The molecule has 2 aromatic rings. The average molecular weight is 263 g/mol. The van der Waals surface area contributed by atoms with Gasteiger partial charge in [-0.05, 0) is 24.6 Å². The summed E-state index contributed by atoms with van der Waals surface area (Å²) in [7, 11) is 1.41. The smallest absolute Gasteiger partial charge is 0.241 e. The lowest BCUT2D eigenvalue weighted by atomic mass is 10.1. The molecule has 2 rings (SSSR count). The van der Waals surface area contributed by atoms with Crippen molar-refractivity contribution in [1.29, 1.82) is 0 Å². The molecule has 1 aromatic heterocycles. The summed E-state index contributed by atoms with van der Waals surface area (Å²) < 4.78 is 19.9. The Morgan fingerprint density at radius 1 is 1.47 bits per heavy atom. The van der Waals surface area contributed by atoms with Crippen molar-refractivity contribution >= 4 is 5.91 Å². The molecule has 1 aromatic carbocycles. The van der Waals surface area contributed by atoms with Crippen LogP contribution in [0.4, 0.5) is 4.39 Å². The highest BCUT2D eigenvalue weighted by Crippen LogP contribution is 2.25. The Hall–Kier alpha value is -2.37. The molecule has 0 aliphatic carbocycles. The van der Waals surface area contributed by atoms with Crippen molar-refractivity contribution in [3.8, 4) is 16.9 Å². The predicted octanol–water partition coefficient (Wildman–Crippen LogP) is 1.74. The van der Waals surface area contributed by atoms with E-state index in [1.54, 1.807) is 31.5 Å². The molecule has 0 aliphatic heterocycles. The minimum absolute atomic E-state index is 0.182. The highest BCUT2D eigenvalue weighted by molar-refractivity contribution is 5.78. The minimum atomic E-state index is -0.545. The highest BCUT2D eigenvalue weighted by atomic mass is 19.1. The third-order valence-electron chi connectivity index (χ3n) is 2.90. The number of nitrogens with zero attached hydrogens (tertiary/aromatic N) is 2. The zero-order valence-corrected chi connectivity index (χ0v) is 10.6. The molecule has 0 spiro atoms. The van der Waals surface area contributed by atoms with E-state index in [1.807, 2.05) is 0 Å². The number of nitrogens with two attached hydrogens (primary N) is 1. The van der Waals surface area contributed by atoms with E-state index in [0.29, 0.717) is 11.1 Å². The van der Waals surface area contributed by atoms with Gasteiger partial charge in [0.25, 0.3) is 0 Å². The van der Waals surface area contributed by atoms with Gasteiger partial charge < -0.3 is 10.5 Å². The van der Waals surface area contributed by atoms with E-state index < -0.39 is 17.8 Å². The molecule has 1 amide bonds. The van der Waals surface area contributed by atoms with E-state index in [0.717, 1.165) is 0 Å². The molecule has 1 heterocycles. The summed E-state index contributed by atoms with van der Waals surface area (Å²) >= 11 is 0. The topological polar surface area (TPSA) is 70.1 Å². The van der Waals surface area contributed by atoms with Crippen molar-refractivity contribution in [1.82, 2.24) is 9.78 Å². The first kappa shape index (κ1) is 13.1. The standard InChI is InChI=1S/C13H14FN3O2/c1-8(13(15)18)17-7-10(6-16-17)9-3-4-12(19-2)11(14)5-9/h3-8H,1-2H3,(H2,15,18)/t8-/m0/s1. The van der Waals surface area contributed by atoms with Crippen LogP contribution >= 0.6 is 0 Å². The molecule has 100 valence electrons. The second kappa shape index (κ2) is 5.09. The Kier molecular flexibility index (Phi) is 3.50. The van der Waals surface area contributed by atoms with Crippen molar-refractivity contribution in [2.45, 2.75) is 13.0 Å². The number of hydrogen-bond acceptors (Lipinski definition) is 3. The maximum atomic E-state index is 13.6. The van der Waals surface area contributed by atoms with Gasteiger partial charge in [-0.3, -0.25) is 9.48 Å². The van der Waals surface area contributed by atoms with E-state index in [-0.39, 0.29) is 5.75 Å². The van der Waals surface area contributed by atoms with Crippen molar-refractivity contribution in [2.75, 3.05) is 7.11 Å². The van der Waals surface area contributed by atoms with Gasteiger partial charge in [-0.25, -0.2) is 4.39 Å². The van der Waals surface area contributed by atoms with Gasteiger partial charge in [-0.15, -0.1) is 0 Å². The summed E-state index contributed by atoms with van der Waals surface area (Å²) in [6.07, 6.45) is 3.21. The number of aromatic nitrogens is 2. The monoisotopic (exact) mass is 263 g/mol. The average Bonchev–Trinajstić information content (AvgIpc) is 2.87. The number of carbonyl (C=O) groups is 1. The summed E-state index contributed by atoms with van der Waals surface area (Å²) in [4.78, 5) is 11.1. The Balaban J connectivity index is 2.33. The summed E-state index contributed by atoms with van der Waals surface area (Å²) in [6, 6.07) is 4.07. The first-order chi connectivity index (χ1) is 9.02. The fraction of sp³-hybridized carbons (Fsp3) is 0.231. The van der Waals surface area contributed by atoms with Crippen LogP contribution in [0.3, 0.4) is 0 Å². The molecule has 2 N–H and O–H groups in total. The summed E-state index contributed by atoms with van der Waals surface area (Å²) in [5.41, 5.74) is 6.56. The Labute approximate surface area is 109 Å². The summed E-state index contributed by atoms with van der Waals surface area (Å²) in [5.74, 6) is -0.743. The quantitative estimate of drug-likeness (QED) is 0.913. The van der Waals surface area contributed by atoms with E-state index in [1.165, 1.54) is 17.9 Å². The molecule has 0 saturated heterocycles. The maximum absolute atomic E-state index is 13.6. The van der Waals surface area contributed by atoms with Crippen LogP contribution in [0.1, 0.15) is 13.0 Å². The zero-order chi connectivity index (χ0) is 14.0. The minimum Gasteiger partial charge on any atom is -0.494 e. The van der Waals surface area contributed by atoms with Crippen molar-refractivity contribution < 1.29 is 13.9 Å². The molecular formula is C13H14FN3O2. The van der Waals surface area contributed by atoms with E-state index in [9.17, 15) is 9.18 Å². The molecule has 0 aliphatic rings. The molecule has 1 atom stereocenters. The molecule has 0 unspecified atom stereocenters. The van der Waals surface area contributed by atoms with E-state index in [2.05, 4.69) is 5.10 Å². The molecule has 0 saturated carbocycles. The van der Waals surface area contributed by atoms with Crippen molar-refractivity contribution in [3.05, 3.63) is 36.4 Å². The number of benzene rings is 1. The molecule has 0 fully saturated rings. The maximum Gasteiger partial charge on any atom is 0.241 e. The normalized spacial score (nSPS) is 12.2. The number of halogens is 1. The van der Waals surface area contributed by atoms with Gasteiger partial charge in [0, 0.05) is 11.8 Å². The molecule has 0 bridgehead atoms. The molecule has 0 radical (unpaired) electrons. The van der Waals surface area contributed by atoms with Crippen LogP contribution in [0.2, 0.25) is 0 Å². The molecule has 5 nitrogen and oxygen atoms in total. The number of ether oxygens (including phenoxy) is 1. The van der Waals surface area contributed by atoms with Crippen LogP contribution in [0.15, 0.2) is 30.6 Å². The fourth-order valence-electron chi connectivity index (χ4n) is 1.68. The number of rotatable bonds is 4. The Morgan fingerprint density at radius 3 is 2.79 bits per heavy atom. The molecular weight excluding hydrogens is 249 g/mol. The Bertz CT molecular complexity index is 610. The lowest BCUT2D eigenvalue weighted by Gasteiger charge is -2.06. The first-order valence-corrected chi connectivity index (χ1v) is 5.70. The Morgan fingerprint density at radius 2 is 2.21 bits per heavy atom. The first-order valence-electron chi connectivity index (χ1n) is 5.70. The van der Waals surface area contributed by atoms with Crippen LogP contribution in [-0.2, 0) is 4.79 Å². The van der Waals surface area contributed by atoms with Crippen LogP contribution in [-0.4, -0.2) is 22.8 Å². The van der Waals surface area contributed by atoms with Crippen molar-refractivity contribution in [3.63, 3.8) is 0 Å². The molecule has 19 heavy (non-hydrogen) atoms. The predicted molar refractivity (Wildman–Crippen MR) is 68.1 cm³/mol. The number of primary amides is 1. The van der Waals surface area contributed by atoms with Gasteiger partial charge in [0.2, 0.25) is 5.91 Å². The zero-order valence-electron chi connectivity index (χ0n) is 10.6. The van der Waals surface area contributed by atoms with Crippen LogP contribution in [0, 0.1) is 5.82 Å². The summed E-state index contributed by atoms with van der Waals surface area (Å²) in [6.45, 7) is 1.65. The third kappa shape index (κ3) is 2.57. The molecule has 6 heteroatoms. The van der Waals surface area contributed by atoms with Crippen LogP contribution < -0.4 is 10.5 Å². The van der Waals surface area contributed by atoms with Gasteiger partial charge >= 0.3 is 0 Å².